The number of aryl methyl sites for hydroxylation is 1. The van der Waals surface area contributed by atoms with E-state index in [1.807, 2.05) is 43.3 Å². The van der Waals surface area contributed by atoms with Crippen molar-refractivity contribution in [1.29, 1.82) is 0 Å². The maximum absolute atomic E-state index is 12.9. The number of hydrogen-bond acceptors (Lipinski definition) is 4. The van der Waals surface area contributed by atoms with E-state index in [0.29, 0.717) is 24.3 Å². The van der Waals surface area contributed by atoms with Crippen molar-refractivity contribution in [2.45, 2.75) is 6.92 Å². The van der Waals surface area contributed by atoms with Crippen LogP contribution in [0.25, 0.3) is 10.9 Å². The van der Waals surface area contributed by atoms with Crippen LogP contribution in [0.15, 0.2) is 54.9 Å². The number of rotatable bonds is 2. The van der Waals surface area contributed by atoms with E-state index < -0.39 is 0 Å². The van der Waals surface area contributed by atoms with Gasteiger partial charge in [-0.1, -0.05) is 18.2 Å². The molecule has 0 unspecified atom stereocenters. The van der Waals surface area contributed by atoms with Crippen molar-refractivity contribution < 1.29 is 9.59 Å². The van der Waals surface area contributed by atoms with Crippen molar-refractivity contribution in [3.8, 4) is 0 Å². The average molecular weight is 346 g/mol. The number of aromatic nitrogens is 2. The molecule has 130 valence electrons. The highest BCUT2D eigenvalue weighted by molar-refractivity contribution is 6.03. The number of carbonyl (C=O) groups is 2. The predicted octanol–water partition coefficient (Wildman–Crippen LogP) is 2.43. The standard InChI is InChI=1S/C20H18N4O2/c1-14-17(11-15-12-21-8-7-18(15)22-14)20(26)23-9-10-24(19(25)13-23)16-5-3-2-4-6-16/h2-8,11-12H,9-10,13H2,1H3. The van der Waals surface area contributed by atoms with E-state index in [9.17, 15) is 9.59 Å². The molecular weight excluding hydrogens is 328 g/mol. The van der Waals surface area contributed by atoms with E-state index in [2.05, 4.69) is 9.97 Å². The summed E-state index contributed by atoms with van der Waals surface area (Å²) in [5, 5.41) is 0.815. The molecule has 3 aromatic rings. The summed E-state index contributed by atoms with van der Waals surface area (Å²) in [5.41, 5.74) is 2.84. The zero-order valence-corrected chi connectivity index (χ0v) is 14.4. The Balaban J connectivity index is 1.57. The highest BCUT2D eigenvalue weighted by Gasteiger charge is 2.29. The van der Waals surface area contributed by atoms with Gasteiger partial charge in [0.1, 0.15) is 6.54 Å². The topological polar surface area (TPSA) is 66.4 Å². The van der Waals surface area contributed by atoms with Gasteiger partial charge in [0.2, 0.25) is 5.91 Å². The van der Waals surface area contributed by atoms with Gasteiger partial charge >= 0.3 is 0 Å². The number of anilines is 1. The van der Waals surface area contributed by atoms with Crippen molar-refractivity contribution in [1.82, 2.24) is 14.9 Å². The summed E-state index contributed by atoms with van der Waals surface area (Å²) in [6, 6.07) is 13.1. The first-order valence-corrected chi connectivity index (χ1v) is 8.49. The average Bonchev–Trinajstić information content (AvgIpc) is 2.67. The zero-order valence-electron chi connectivity index (χ0n) is 14.4. The van der Waals surface area contributed by atoms with E-state index in [4.69, 9.17) is 0 Å². The molecule has 0 N–H and O–H groups in total. The molecule has 1 aromatic carbocycles. The molecule has 3 heterocycles. The van der Waals surface area contributed by atoms with Crippen molar-refractivity contribution in [2.24, 2.45) is 0 Å². The Morgan fingerprint density at radius 2 is 1.92 bits per heavy atom. The molecule has 0 bridgehead atoms. The number of pyridine rings is 2. The smallest absolute Gasteiger partial charge is 0.256 e. The molecule has 2 amide bonds. The fourth-order valence-corrected chi connectivity index (χ4v) is 3.23. The molecule has 0 saturated carbocycles. The molecule has 26 heavy (non-hydrogen) atoms. The van der Waals surface area contributed by atoms with E-state index in [1.165, 1.54) is 0 Å². The summed E-state index contributed by atoms with van der Waals surface area (Å²) in [5.74, 6) is -0.245. The van der Waals surface area contributed by atoms with Gasteiger partial charge in [0, 0.05) is 36.6 Å². The van der Waals surface area contributed by atoms with Crippen LogP contribution < -0.4 is 4.90 Å². The summed E-state index contributed by atoms with van der Waals surface area (Å²) >= 11 is 0. The predicted molar refractivity (Wildman–Crippen MR) is 99.0 cm³/mol. The second kappa shape index (κ2) is 6.55. The van der Waals surface area contributed by atoms with Crippen LogP contribution in [0.1, 0.15) is 16.1 Å². The van der Waals surface area contributed by atoms with Gasteiger partial charge in [-0.3, -0.25) is 19.6 Å². The van der Waals surface area contributed by atoms with Crippen LogP contribution in [-0.2, 0) is 4.79 Å². The van der Waals surface area contributed by atoms with E-state index in [-0.39, 0.29) is 18.4 Å². The van der Waals surface area contributed by atoms with Crippen LogP contribution >= 0.6 is 0 Å². The fourth-order valence-electron chi connectivity index (χ4n) is 3.23. The molecule has 1 aliphatic rings. The highest BCUT2D eigenvalue weighted by Crippen LogP contribution is 2.20. The minimum Gasteiger partial charge on any atom is -0.327 e. The lowest BCUT2D eigenvalue weighted by Crippen LogP contribution is -2.52. The van der Waals surface area contributed by atoms with Crippen LogP contribution in [0, 0.1) is 6.92 Å². The van der Waals surface area contributed by atoms with Crippen molar-refractivity contribution in [3.05, 3.63) is 66.1 Å². The van der Waals surface area contributed by atoms with Crippen LogP contribution in [0.3, 0.4) is 0 Å². The van der Waals surface area contributed by atoms with E-state index >= 15 is 0 Å². The maximum Gasteiger partial charge on any atom is 0.256 e. The molecule has 0 atom stereocenters. The van der Waals surface area contributed by atoms with Gasteiger partial charge in [-0.05, 0) is 31.2 Å². The number of para-hydroxylation sites is 1. The Bertz CT molecular complexity index is 988. The molecule has 1 saturated heterocycles. The minimum atomic E-state index is -0.165. The van der Waals surface area contributed by atoms with Crippen molar-refractivity contribution >= 4 is 28.4 Å². The van der Waals surface area contributed by atoms with Gasteiger partial charge in [0.05, 0.1) is 16.8 Å². The second-order valence-electron chi connectivity index (χ2n) is 6.30. The number of nitrogens with zero attached hydrogens (tertiary/aromatic N) is 4. The molecule has 0 aliphatic carbocycles. The summed E-state index contributed by atoms with van der Waals surface area (Å²) in [6.45, 7) is 2.85. The number of hydrogen-bond donors (Lipinski definition) is 0. The Labute approximate surface area is 151 Å². The lowest BCUT2D eigenvalue weighted by molar-refractivity contribution is -0.120. The SMILES string of the molecule is Cc1nc2ccncc2cc1C(=O)N1CCN(c2ccccc2)C(=O)C1. The molecule has 4 rings (SSSR count). The second-order valence-corrected chi connectivity index (χ2v) is 6.30. The molecule has 6 heteroatoms. The number of carbonyl (C=O) groups excluding carboxylic acids is 2. The van der Waals surface area contributed by atoms with Gasteiger partial charge in [-0.25, -0.2) is 0 Å². The normalized spacial score (nSPS) is 14.7. The molecule has 2 aromatic heterocycles. The van der Waals surface area contributed by atoms with Gasteiger partial charge in [-0.15, -0.1) is 0 Å². The number of amides is 2. The van der Waals surface area contributed by atoms with E-state index in [0.717, 1.165) is 16.6 Å². The Kier molecular flexibility index (Phi) is 4.08. The lowest BCUT2D eigenvalue weighted by atomic mass is 10.1. The third kappa shape index (κ3) is 2.90. The lowest BCUT2D eigenvalue weighted by Gasteiger charge is -2.34. The molecule has 1 fully saturated rings. The van der Waals surface area contributed by atoms with Gasteiger partial charge in [0.25, 0.3) is 5.91 Å². The third-order valence-electron chi connectivity index (χ3n) is 4.61. The van der Waals surface area contributed by atoms with Gasteiger partial charge in [0.15, 0.2) is 0 Å². The largest absolute Gasteiger partial charge is 0.327 e. The fraction of sp³-hybridized carbons (Fsp3) is 0.200. The van der Waals surface area contributed by atoms with Crippen LogP contribution in [0.5, 0.6) is 0 Å². The Hall–Kier alpha value is -3.28. The van der Waals surface area contributed by atoms with Crippen molar-refractivity contribution in [2.75, 3.05) is 24.5 Å². The third-order valence-corrected chi connectivity index (χ3v) is 4.61. The molecule has 1 aliphatic heterocycles. The summed E-state index contributed by atoms with van der Waals surface area (Å²) in [4.78, 5) is 37.4. The number of fused-ring (bicyclic) bond motifs is 1. The monoisotopic (exact) mass is 346 g/mol. The van der Waals surface area contributed by atoms with Crippen LogP contribution in [0.4, 0.5) is 5.69 Å². The van der Waals surface area contributed by atoms with E-state index in [1.54, 1.807) is 28.3 Å². The minimum absolute atomic E-state index is 0.0677. The number of piperazine rings is 1. The van der Waals surface area contributed by atoms with Crippen LogP contribution in [-0.4, -0.2) is 46.3 Å². The summed E-state index contributed by atoms with van der Waals surface area (Å²) < 4.78 is 0. The first-order chi connectivity index (χ1) is 12.6. The van der Waals surface area contributed by atoms with Gasteiger partial charge in [-0.2, -0.15) is 0 Å². The number of benzene rings is 1. The molecule has 0 spiro atoms. The van der Waals surface area contributed by atoms with Crippen LogP contribution in [0.2, 0.25) is 0 Å². The first-order valence-electron chi connectivity index (χ1n) is 8.49. The summed E-state index contributed by atoms with van der Waals surface area (Å²) in [7, 11) is 0. The molecular formula is C20H18N4O2. The van der Waals surface area contributed by atoms with Gasteiger partial charge < -0.3 is 9.80 Å². The molecule has 6 nitrogen and oxygen atoms in total. The zero-order chi connectivity index (χ0) is 18.1. The highest BCUT2D eigenvalue weighted by atomic mass is 16.2. The summed E-state index contributed by atoms with van der Waals surface area (Å²) in [6.07, 6.45) is 3.37. The molecule has 0 radical (unpaired) electrons. The maximum atomic E-state index is 12.9. The first kappa shape index (κ1) is 16.2. The van der Waals surface area contributed by atoms with Crippen molar-refractivity contribution in [3.63, 3.8) is 0 Å². The quantitative estimate of drug-likeness (QED) is 0.715. The Morgan fingerprint density at radius 3 is 2.69 bits per heavy atom. The Morgan fingerprint density at radius 1 is 1.12 bits per heavy atom.